The molecule has 3 atom stereocenters. The minimum atomic E-state index is -0.562. The summed E-state index contributed by atoms with van der Waals surface area (Å²) in [4.78, 5) is 22.8. The van der Waals surface area contributed by atoms with Crippen LogP contribution >= 0.6 is 0 Å². The number of hydrogen-bond acceptors (Lipinski definition) is 3. The van der Waals surface area contributed by atoms with E-state index in [1.165, 1.54) is 19.3 Å². The number of nitrogens with two attached hydrogens (primary N) is 1. The summed E-state index contributed by atoms with van der Waals surface area (Å²) in [6.45, 7) is 0.704. The summed E-state index contributed by atoms with van der Waals surface area (Å²) in [6.07, 6.45) is 4.74. The van der Waals surface area contributed by atoms with E-state index in [2.05, 4.69) is 10.6 Å². The van der Waals surface area contributed by atoms with Crippen LogP contribution in [-0.2, 0) is 9.59 Å². The van der Waals surface area contributed by atoms with Gasteiger partial charge in [0.1, 0.15) is 0 Å². The second-order valence-corrected chi connectivity index (χ2v) is 4.80. The monoisotopic (exact) mass is 225 g/mol. The molecule has 0 aromatic heterocycles. The molecular formula is C11H19N3O2. The molecule has 90 valence electrons. The first-order valence-electron chi connectivity index (χ1n) is 5.99. The number of amides is 2. The summed E-state index contributed by atoms with van der Waals surface area (Å²) in [5, 5.41) is 5.30. The van der Waals surface area contributed by atoms with Crippen molar-refractivity contribution in [2.75, 3.05) is 13.1 Å². The van der Waals surface area contributed by atoms with E-state index >= 15 is 0 Å². The number of hydrogen-bond donors (Lipinski definition) is 3. The Labute approximate surface area is 95.1 Å². The van der Waals surface area contributed by atoms with Gasteiger partial charge in [-0.25, -0.2) is 0 Å². The molecule has 5 heteroatoms. The van der Waals surface area contributed by atoms with Crippen molar-refractivity contribution in [3.05, 3.63) is 0 Å². The molecule has 0 saturated heterocycles. The molecule has 16 heavy (non-hydrogen) atoms. The largest absolute Gasteiger partial charge is 0.347 e. The Bertz CT molecular complexity index is 293. The molecule has 2 saturated carbocycles. The van der Waals surface area contributed by atoms with Gasteiger partial charge in [-0.15, -0.1) is 0 Å². The van der Waals surface area contributed by atoms with Gasteiger partial charge in [0.15, 0.2) is 0 Å². The Morgan fingerprint density at radius 3 is 2.56 bits per heavy atom. The van der Waals surface area contributed by atoms with E-state index in [0.29, 0.717) is 19.0 Å². The van der Waals surface area contributed by atoms with E-state index in [4.69, 9.17) is 5.73 Å². The average Bonchev–Trinajstić information content (AvgIpc) is 2.87. The van der Waals surface area contributed by atoms with E-state index in [1.54, 1.807) is 0 Å². The molecule has 3 unspecified atom stereocenters. The van der Waals surface area contributed by atoms with E-state index < -0.39 is 11.8 Å². The maximum Gasteiger partial charge on any atom is 0.309 e. The molecule has 5 nitrogen and oxygen atoms in total. The summed E-state index contributed by atoms with van der Waals surface area (Å²) in [5.41, 5.74) is 5.24. The molecule has 0 aromatic carbocycles. The lowest BCUT2D eigenvalue weighted by Gasteiger charge is -2.22. The van der Waals surface area contributed by atoms with Crippen LogP contribution in [0.4, 0.5) is 0 Å². The first-order chi connectivity index (χ1) is 7.70. The standard InChI is InChI=1S/C11H19N3O2/c12-3-4-13-10(15)11(16)14-9-6-7-1-2-8(9)5-7/h7-9H,1-6,12H2,(H,13,15)(H,14,16). The zero-order chi connectivity index (χ0) is 11.5. The van der Waals surface area contributed by atoms with Crippen LogP contribution in [0.1, 0.15) is 25.7 Å². The van der Waals surface area contributed by atoms with Gasteiger partial charge in [0, 0.05) is 19.1 Å². The summed E-state index contributed by atoms with van der Waals surface area (Å²) < 4.78 is 0. The Morgan fingerprint density at radius 1 is 1.19 bits per heavy atom. The van der Waals surface area contributed by atoms with Crippen LogP contribution in [-0.4, -0.2) is 30.9 Å². The molecule has 2 fully saturated rings. The van der Waals surface area contributed by atoms with Gasteiger partial charge in [0.2, 0.25) is 0 Å². The van der Waals surface area contributed by atoms with Crippen LogP contribution in [0.3, 0.4) is 0 Å². The second-order valence-electron chi connectivity index (χ2n) is 4.80. The highest BCUT2D eigenvalue weighted by atomic mass is 16.2. The van der Waals surface area contributed by atoms with Gasteiger partial charge in [0.05, 0.1) is 0 Å². The second kappa shape index (κ2) is 4.82. The summed E-state index contributed by atoms with van der Waals surface area (Å²) >= 11 is 0. The number of fused-ring (bicyclic) bond motifs is 2. The van der Waals surface area contributed by atoms with Gasteiger partial charge in [0.25, 0.3) is 0 Å². The van der Waals surface area contributed by atoms with Crippen LogP contribution in [0, 0.1) is 11.8 Å². The normalized spacial score (nSPS) is 31.4. The van der Waals surface area contributed by atoms with Crippen molar-refractivity contribution in [2.45, 2.75) is 31.7 Å². The van der Waals surface area contributed by atoms with Gasteiger partial charge in [-0.3, -0.25) is 9.59 Å². The van der Waals surface area contributed by atoms with Crippen molar-refractivity contribution < 1.29 is 9.59 Å². The third-order valence-corrected chi connectivity index (χ3v) is 3.69. The maximum absolute atomic E-state index is 11.5. The predicted molar refractivity (Wildman–Crippen MR) is 59.4 cm³/mol. The number of carbonyl (C=O) groups is 2. The fourth-order valence-corrected chi connectivity index (χ4v) is 2.92. The lowest BCUT2D eigenvalue weighted by Crippen LogP contribution is -2.47. The van der Waals surface area contributed by atoms with Crippen LogP contribution in [0.15, 0.2) is 0 Å². The molecular weight excluding hydrogens is 206 g/mol. The fraction of sp³-hybridized carbons (Fsp3) is 0.818. The summed E-state index contributed by atoms with van der Waals surface area (Å²) in [7, 11) is 0. The zero-order valence-corrected chi connectivity index (χ0v) is 9.37. The molecule has 2 rings (SSSR count). The van der Waals surface area contributed by atoms with Crippen LogP contribution < -0.4 is 16.4 Å². The average molecular weight is 225 g/mol. The lowest BCUT2D eigenvalue weighted by atomic mass is 9.95. The van der Waals surface area contributed by atoms with Gasteiger partial charge in [-0.1, -0.05) is 6.42 Å². The van der Waals surface area contributed by atoms with Crippen LogP contribution in [0.25, 0.3) is 0 Å². The lowest BCUT2D eigenvalue weighted by molar-refractivity contribution is -0.139. The predicted octanol–water partition coefficient (Wildman–Crippen LogP) is -0.634. The molecule has 4 N–H and O–H groups in total. The quantitative estimate of drug-likeness (QED) is 0.559. The Kier molecular flexibility index (Phi) is 3.43. The van der Waals surface area contributed by atoms with E-state index in [1.807, 2.05) is 0 Å². The van der Waals surface area contributed by atoms with Crippen molar-refractivity contribution >= 4 is 11.8 Å². The van der Waals surface area contributed by atoms with E-state index in [-0.39, 0.29) is 6.04 Å². The molecule has 2 amide bonds. The number of rotatable bonds is 3. The van der Waals surface area contributed by atoms with Crippen molar-refractivity contribution in [2.24, 2.45) is 17.6 Å². The highest BCUT2D eigenvalue weighted by Crippen LogP contribution is 2.44. The van der Waals surface area contributed by atoms with E-state index in [9.17, 15) is 9.59 Å². The molecule has 0 heterocycles. The topological polar surface area (TPSA) is 84.2 Å². The minimum absolute atomic E-state index is 0.217. The smallest absolute Gasteiger partial charge is 0.309 e. The molecule has 0 aromatic rings. The summed E-state index contributed by atoms with van der Waals surface area (Å²) in [5.74, 6) is 0.290. The molecule has 2 bridgehead atoms. The maximum atomic E-state index is 11.5. The third-order valence-electron chi connectivity index (χ3n) is 3.69. The van der Waals surface area contributed by atoms with Crippen molar-refractivity contribution in [1.82, 2.24) is 10.6 Å². The minimum Gasteiger partial charge on any atom is -0.347 e. The van der Waals surface area contributed by atoms with Crippen molar-refractivity contribution in [3.8, 4) is 0 Å². The Morgan fingerprint density at radius 2 is 2.00 bits per heavy atom. The zero-order valence-electron chi connectivity index (χ0n) is 9.37. The highest BCUT2D eigenvalue weighted by Gasteiger charge is 2.40. The van der Waals surface area contributed by atoms with Gasteiger partial charge < -0.3 is 16.4 Å². The Balaban J connectivity index is 1.77. The molecule has 0 aliphatic heterocycles. The molecule has 0 spiro atoms. The Hall–Kier alpha value is -1.10. The molecule has 2 aliphatic rings. The first-order valence-corrected chi connectivity index (χ1v) is 5.99. The van der Waals surface area contributed by atoms with Crippen LogP contribution in [0.2, 0.25) is 0 Å². The van der Waals surface area contributed by atoms with Gasteiger partial charge in [-0.2, -0.15) is 0 Å². The van der Waals surface area contributed by atoms with Crippen molar-refractivity contribution in [1.29, 1.82) is 0 Å². The third kappa shape index (κ3) is 2.35. The number of carbonyl (C=O) groups excluding carboxylic acids is 2. The summed E-state index contributed by atoms with van der Waals surface area (Å²) in [6, 6.07) is 0.217. The first kappa shape index (κ1) is 11.4. The van der Waals surface area contributed by atoms with E-state index in [0.717, 1.165) is 12.3 Å². The number of nitrogens with one attached hydrogen (secondary N) is 2. The molecule has 2 aliphatic carbocycles. The fourth-order valence-electron chi connectivity index (χ4n) is 2.92. The van der Waals surface area contributed by atoms with Crippen LogP contribution in [0.5, 0.6) is 0 Å². The van der Waals surface area contributed by atoms with Gasteiger partial charge >= 0.3 is 11.8 Å². The highest BCUT2D eigenvalue weighted by molar-refractivity contribution is 6.35. The van der Waals surface area contributed by atoms with Gasteiger partial charge in [-0.05, 0) is 31.1 Å². The molecule has 0 radical (unpaired) electrons. The van der Waals surface area contributed by atoms with Crippen molar-refractivity contribution in [3.63, 3.8) is 0 Å². The SMILES string of the molecule is NCCNC(=O)C(=O)NC1CC2CCC1C2.